The van der Waals surface area contributed by atoms with Gasteiger partial charge in [-0.2, -0.15) is 0 Å². The van der Waals surface area contributed by atoms with Gasteiger partial charge in [-0.05, 0) is 215 Å². The number of para-hydroxylation sites is 11. The summed E-state index contributed by atoms with van der Waals surface area (Å²) in [5.74, 6) is 0.248. The van der Waals surface area contributed by atoms with Crippen molar-refractivity contribution in [2.45, 2.75) is 12.0 Å². The molecule has 0 radical (unpaired) electrons. The summed E-state index contributed by atoms with van der Waals surface area (Å²) in [6.45, 7) is 0. The molecule has 2 aliphatic rings. The molecule has 656 valence electrons. The Morgan fingerprint density at radius 3 is 1.21 bits per heavy atom. The van der Waals surface area contributed by atoms with Crippen LogP contribution in [0.3, 0.4) is 0 Å². The Balaban J connectivity index is 0.556. The van der Waals surface area contributed by atoms with Crippen LogP contribution in [0.25, 0.3) is 204 Å². The summed E-state index contributed by atoms with van der Waals surface area (Å²) in [6.07, 6.45) is 9.13. The summed E-state index contributed by atoms with van der Waals surface area (Å²) >= 11 is 0. The van der Waals surface area contributed by atoms with Crippen LogP contribution in [0.5, 0.6) is 0 Å². The van der Waals surface area contributed by atoms with Gasteiger partial charge in [0.25, 0.3) is 0 Å². The van der Waals surface area contributed by atoms with Crippen molar-refractivity contribution in [3.05, 3.63) is 527 Å². The van der Waals surface area contributed by atoms with E-state index in [-0.39, 0.29) is 12.0 Å². The van der Waals surface area contributed by atoms with E-state index in [9.17, 15) is 0 Å². The van der Waals surface area contributed by atoms with Crippen molar-refractivity contribution in [3.63, 3.8) is 0 Å². The van der Waals surface area contributed by atoms with Gasteiger partial charge < -0.3 is 28.1 Å². The van der Waals surface area contributed by atoms with Gasteiger partial charge in [0.05, 0.1) is 39.8 Å². The van der Waals surface area contributed by atoms with Crippen molar-refractivity contribution in [2.75, 3.05) is 14.7 Å². The lowest BCUT2D eigenvalue weighted by molar-refractivity contribution is 0.669. The van der Waals surface area contributed by atoms with Crippen molar-refractivity contribution >= 4 is 133 Å². The number of hydrogen-bond donors (Lipinski definition) is 0. The van der Waals surface area contributed by atoms with Crippen LogP contribution in [0.4, 0.5) is 45.5 Å². The summed E-state index contributed by atoms with van der Waals surface area (Å²) in [5.41, 5.74) is 39.0. The molecule has 0 fully saturated rings. The molecule has 25 aromatic rings. The number of benzene rings is 22. The van der Waals surface area contributed by atoms with Crippen LogP contribution >= 0.6 is 0 Å². The molecule has 4 heterocycles. The molecule has 27 rings (SSSR count). The monoisotopic (exact) mass is 1780 g/mol. The topological polar surface area (TPSA) is 40.9 Å². The molecule has 0 amide bonds. The summed E-state index contributed by atoms with van der Waals surface area (Å²) in [5, 5.41) is 11.5. The van der Waals surface area contributed by atoms with Crippen LogP contribution < -0.4 is 14.7 Å². The number of rotatable bonds is 18. The van der Waals surface area contributed by atoms with Gasteiger partial charge in [-0.1, -0.05) is 406 Å². The fraction of sp³-hybridized carbons (Fsp3) is 0.0149. The average molecular weight is 1790 g/mol. The first-order chi connectivity index (χ1) is 69.5. The van der Waals surface area contributed by atoms with E-state index in [1.54, 1.807) is 0 Å². The maximum atomic E-state index is 7.22. The smallest absolute Gasteiger partial charge is 0.143 e. The minimum atomic E-state index is 0.141. The van der Waals surface area contributed by atoms with Crippen molar-refractivity contribution in [2.24, 2.45) is 0 Å². The zero-order chi connectivity index (χ0) is 92.2. The number of aromatic nitrogens is 1. The van der Waals surface area contributed by atoms with E-state index >= 15 is 0 Å². The molecule has 6 heteroatoms. The van der Waals surface area contributed by atoms with E-state index in [0.717, 1.165) is 195 Å². The van der Waals surface area contributed by atoms with E-state index in [1.807, 2.05) is 6.07 Å². The summed E-state index contributed by atoms with van der Waals surface area (Å²) < 4.78 is 16.3. The Bertz CT molecular complexity index is 9240. The first-order valence-corrected chi connectivity index (χ1v) is 48.3. The molecule has 2 unspecified atom stereocenters. The third-order valence-electron chi connectivity index (χ3n) is 29.0. The number of fused-ring (bicyclic) bond motifs is 15. The van der Waals surface area contributed by atoms with Crippen LogP contribution in [0.2, 0.25) is 0 Å². The fourth-order valence-electron chi connectivity index (χ4n) is 22.7. The van der Waals surface area contributed by atoms with Crippen LogP contribution in [-0.4, -0.2) is 10.6 Å². The molecule has 6 nitrogen and oxygen atoms in total. The third-order valence-corrected chi connectivity index (χ3v) is 29.0. The van der Waals surface area contributed by atoms with Crippen LogP contribution in [0, 0.1) is 0 Å². The second-order valence-corrected chi connectivity index (χ2v) is 36.6. The highest BCUT2D eigenvalue weighted by molar-refractivity contribution is 6.20. The second kappa shape index (κ2) is 33.9. The quantitative estimate of drug-likeness (QED) is 0.0801. The number of furan rings is 2. The molecular weight excluding hydrogens is 1700 g/mol. The molecule has 3 aromatic heterocycles. The van der Waals surface area contributed by atoms with Gasteiger partial charge >= 0.3 is 0 Å². The Morgan fingerprint density at radius 1 is 0.207 bits per heavy atom. The van der Waals surface area contributed by atoms with Crippen molar-refractivity contribution < 1.29 is 8.83 Å². The minimum absolute atomic E-state index is 0.141. The fourth-order valence-corrected chi connectivity index (χ4v) is 22.7. The highest BCUT2D eigenvalue weighted by Gasteiger charge is 2.39. The molecular formula is C134H88N4O2. The van der Waals surface area contributed by atoms with Gasteiger partial charge in [0.2, 0.25) is 0 Å². The van der Waals surface area contributed by atoms with Crippen LogP contribution in [-0.2, 0) is 0 Å². The van der Waals surface area contributed by atoms with E-state index in [4.69, 9.17) is 8.83 Å². The Labute approximate surface area is 811 Å². The predicted molar refractivity (Wildman–Crippen MR) is 587 cm³/mol. The van der Waals surface area contributed by atoms with Gasteiger partial charge in [0.15, 0.2) is 0 Å². The highest BCUT2D eigenvalue weighted by atomic mass is 16.3. The van der Waals surface area contributed by atoms with Crippen LogP contribution in [0.1, 0.15) is 11.5 Å². The van der Waals surface area contributed by atoms with E-state index in [1.165, 1.54) is 60.5 Å². The number of anilines is 8. The molecule has 0 bridgehead atoms. The highest BCUT2D eigenvalue weighted by Crippen LogP contribution is 2.56. The van der Waals surface area contributed by atoms with Gasteiger partial charge in [0.1, 0.15) is 22.3 Å². The molecule has 0 saturated carbocycles. The molecule has 0 spiro atoms. The molecule has 22 aromatic carbocycles. The molecule has 1 aliphatic heterocycles. The lowest BCUT2D eigenvalue weighted by Gasteiger charge is -2.31. The average Bonchev–Trinajstić information content (AvgIpc) is 1.52. The lowest BCUT2D eigenvalue weighted by Crippen LogP contribution is -2.28. The standard InChI is InChI=1S/C134H88N4O2/c1-2-35-87(36-3-1)96-37-4-5-38-100(96)107-45-13-24-59-122(107)136(123-60-25-14-47-109(123)102-40-7-9-42-104(102)111-49-16-27-62-125(111)138-128-65-30-19-52-114(128)115-53-20-31-66-129(115)138)95-81-73-89(74-82-95)99-84-83-97(132-118-55-22-33-68-131(118)140-134(99)132)91-69-70-92-86-119(105-43-10-11-44-106(105)120(92)85-91)90-75-79-94(80-76-90)135(93-77-71-88(72-78-93)98-56-34-57-117-116-54-21-32-67-130(116)139-133(98)117)121-58-23-12-46-108(121)101-39-6-8-41-103(101)110-48-15-26-61-124(110)137-126-63-28-17-50-112(126)113-51-18-29-64-127(113)137/h1-86,112,126H. The van der Waals surface area contributed by atoms with Gasteiger partial charge in [-0.15, -0.1) is 0 Å². The van der Waals surface area contributed by atoms with E-state index < -0.39 is 0 Å². The SMILES string of the molecule is C1=CC2c3ccccc3N(c3ccccc3-c3ccccc3-c3ccccc3N(c3ccc(-c4cc5ccc(-c6ccc(-c7ccc(N(c8ccccc8-c8ccccc8-c8ccccc8)c8ccccc8-c8ccccc8-c8ccccc8-n8c9ccccc9c9ccccc98)cc7)c7oc8ccccc8c67)cc5c5ccccc45)cc3)c3ccc(-c4cccc5c4oc4ccccc45)cc3)C2C=C1. The zero-order valence-electron chi connectivity index (χ0n) is 76.4. The zero-order valence-corrected chi connectivity index (χ0v) is 76.4. The normalized spacial score (nSPS) is 13.4. The Morgan fingerprint density at radius 2 is 0.600 bits per heavy atom. The first kappa shape index (κ1) is 81.2. The van der Waals surface area contributed by atoms with Gasteiger partial charge in [0, 0.05) is 106 Å². The van der Waals surface area contributed by atoms with Gasteiger partial charge in [-0.3, -0.25) is 0 Å². The maximum absolute atomic E-state index is 7.22. The summed E-state index contributed by atoms with van der Waals surface area (Å²) in [7, 11) is 0. The second-order valence-electron chi connectivity index (χ2n) is 36.6. The molecule has 0 saturated heterocycles. The van der Waals surface area contributed by atoms with Crippen molar-refractivity contribution in [1.82, 2.24) is 4.57 Å². The number of hydrogen-bond acceptors (Lipinski definition) is 5. The molecule has 140 heavy (non-hydrogen) atoms. The first-order valence-electron chi connectivity index (χ1n) is 48.3. The maximum Gasteiger partial charge on any atom is 0.143 e. The summed E-state index contributed by atoms with van der Waals surface area (Å²) in [4.78, 5) is 7.48. The van der Waals surface area contributed by atoms with Crippen LogP contribution in [0.15, 0.2) is 531 Å². The predicted octanol–water partition coefficient (Wildman–Crippen LogP) is 37.2. The Hall–Kier alpha value is -18.4. The summed E-state index contributed by atoms with van der Waals surface area (Å²) in [6, 6.07) is 183. The largest absolute Gasteiger partial charge is 0.455 e. The number of allylic oxidation sites excluding steroid dienone is 2. The molecule has 2 atom stereocenters. The molecule has 0 N–H and O–H groups in total. The van der Waals surface area contributed by atoms with E-state index in [0.29, 0.717) is 0 Å². The number of nitrogens with zero attached hydrogens (tertiary/aromatic N) is 4. The molecule has 1 aliphatic carbocycles. The van der Waals surface area contributed by atoms with Crippen molar-refractivity contribution in [3.8, 4) is 117 Å². The third kappa shape index (κ3) is 13.5. The Kier molecular flexibility index (Phi) is 19.7. The van der Waals surface area contributed by atoms with Crippen molar-refractivity contribution in [1.29, 1.82) is 0 Å². The minimum Gasteiger partial charge on any atom is -0.455 e. The lowest BCUT2D eigenvalue weighted by atomic mass is 9.89. The van der Waals surface area contributed by atoms with Gasteiger partial charge in [-0.25, -0.2) is 0 Å². The van der Waals surface area contributed by atoms with E-state index in [2.05, 4.69) is 535 Å².